The minimum atomic E-state index is -0.519. The third kappa shape index (κ3) is 5.53. The Morgan fingerprint density at radius 3 is 2.71 bits per heavy atom. The summed E-state index contributed by atoms with van der Waals surface area (Å²) >= 11 is 6.85. The van der Waals surface area contributed by atoms with Crippen molar-refractivity contribution >= 4 is 49.5 Å². The van der Waals surface area contributed by atoms with E-state index in [-0.39, 0.29) is 19.0 Å². The second-order valence-corrected chi connectivity index (χ2v) is 8.91. The molecule has 0 saturated carbocycles. The van der Waals surface area contributed by atoms with E-state index >= 15 is 0 Å². The molecule has 1 aliphatic rings. The Hall–Kier alpha value is -3.48. The summed E-state index contributed by atoms with van der Waals surface area (Å²) in [5.74, 6) is 1.83. The summed E-state index contributed by atoms with van der Waals surface area (Å²) in [6, 6.07) is 18.1. The van der Waals surface area contributed by atoms with Gasteiger partial charge in [-0.15, -0.1) is 0 Å². The molecule has 0 atom stereocenters. The Balaban J connectivity index is 1.52. The van der Waals surface area contributed by atoms with Crippen LogP contribution in [0.3, 0.4) is 0 Å². The van der Waals surface area contributed by atoms with Crippen molar-refractivity contribution in [2.45, 2.75) is 6.61 Å². The first-order valence-electron chi connectivity index (χ1n) is 10.0. The summed E-state index contributed by atoms with van der Waals surface area (Å²) in [7, 11) is 1.52. The zero-order chi connectivity index (χ0) is 24.1. The Labute approximate surface area is 213 Å². The molecule has 3 aromatic rings. The van der Waals surface area contributed by atoms with Crippen molar-refractivity contribution in [3.63, 3.8) is 0 Å². The van der Waals surface area contributed by atoms with E-state index in [4.69, 9.17) is 18.9 Å². The normalized spacial score (nSPS) is 12.1. The molecular weight excluding hydrogens is 568 g/mol. The van der Waals surface area contributed by atoms with Crippen molar-refractivity contribution in [2.24, 2.45) is 0 Å². The molecule has 1 aliphatic heterocycles. The molecule has 4 rings (SSSR count). The summed E-state index contributed by atoms with van der Waals surface area (Å²) in [6.45, 7) is 0.494. The van der Waals surface area contributed by atoms with E-state index in [1.807, 2.05) is 30.3 Å². The number of fused-ring (bicyclic) bond motifs is 1. The van der Waals surface area contributed by atoms with Gasteiger partial charge < -0.3 is 24.3 Å². The Morgan fingerprint density at radius 2 is 1.94 bits per heavy atom. The molecule has 0 unspecified atom stereocenters. The minimum absolute atomic E-state index is 0.0586. The Kier molecular flexibility index (Phi) is 7.40. The monoisotopic (exact) mass is 584 g/mol. The number of carbonyl (C=O) groups excluding carboxylic acids is 1. The van der Waals surface area contributed by atoms with Crippen LogP contribution in [0.2, 0.25) is 0 Å². The number of nitrogens with one attached hydrogen (secondary N) is 1. The molecule has 9 heteroatoms. The summed E-state index contributed by atoms with van der Waals surface area (Å²) in [5.41, 5.74) is 2.01. The fourth-order valence-electron chi connectivity index (χ4n) is 3.19. The maximum absolute atomic E-state index is 12.6. The van der Waals surface area contributed by atoms with Gasteiger partial charge in [-0.3, -0.25) is 4.79 Å². The molecule has 0 aromatic heterocycles. The number of nitrogens with zero attached hydrogens (tertiary/aromatic N) is 1. The van der Waals surface area contributed by atoms with Crippen LogP contribution < -0.4 is 24.3 Å². The zero-order valence-corrected chi connectivity index (χ0v) is 21.1. The molecule has 7 nitrogen and oxygen atoms in total. The maximum atomic E-state index is 12.6. The third-order valence-corrected chi connectivity index (χ3v) is 6.04. The van der Waals surface area contributed by atoms with Crippen LogP contribution in [0.15, 0.2) is 69.1 Å². The second kappa shape index (κ2) is 10.6. The van der Waals surface area contributed by atoms with Crippen molar-refractivity contribution in [1.82, 2.24) is 0 Å². The van der Waals surface area contributed by atoms with Crippen molar-refractivity contribution in [3.8, 4) is 29.1 Å². The predicted octanol–water partition coefficient (Wildman–Crippen LogP) is 6.07. The van der Waals surface area contributed by atoms with E-state index < -0.39 is 5.91 Å². The quantitative estimate of drug-likeness (QED) is 0.267. The van der Waals surface area contributed by atoms with Gasteiger partial charge in [0.2, 0.25) is 6.79 Å². The van der Waals surface area contributed by atoms with Crippen molar-refractivity contribution in [2.75, 3.05) is 19.2 Å². The number of halogens is 2. The molecule has 1 heterocycles. The van der Waals surface area contributed by atoms with Gasteiger partial charge in [0.25, 0.3) is 5.91 Å². The summed E-state index contributed by atoms with van der Waals surface area (Å²) < 4.78 is 23.6. The number of ether oxygens (including phenoxy) is 4. The van der Waals surface area contributed by atoms with Gasteiger partial charge in [-0.05, 0) is 59.7 Å². The maximum Gasteiger partial charge on any atom is 0.266 e. The highest BCUT2D eigenvalue weighted by molar-refractivity contribution is 9.10. The predicted molar refractivity (Wildman–Crippen MR) is 134 cm³/mol. The molecule has 1 amide bonds. The van der Waals surface area contributed by atoms with Crippen LogP contribution in [0.25, 0.3) is 6.08 Å². The van der Waals surface area contributed by atoms with Gasteiger partial charge in [-0.1, -0.05) is 44.0 Å². The van der Waals surface area contributed by atoms with Crippen LogP contribution in [0.1, 0.15) is 11.1 Å². The number of amides is 1. The minimum Gasteiger partial charge on any atom is -0.493 e. The first kappa shape index (κ1) is 23.7. The van der Waals surface area contributed by atoms with E-state index in [9.17, 15) is 10.1 Å². The lowest BCUT2D eigenvalue weighted by atomic mass is 10.1. The van der Waals surface area contributed by atoms with Gasteiger partial charge >= 0.3 is 0 Å². The van der Waals surface area contributed by atoms with E-state index in [1.165, 1.54) is 13.2 Å². The molecule has 1 N–H and O–H groups in total. The fraction of sp³-hybridized carbons (Fsp3) is 0.120. The number of rotatable bonds is 7. The molecule has 0 aliphatic carbocycles. The summed E-state index contributed by atoms with van der Waals surface area (Å²) in [5, 5.41) is 12.3. The third-order valence-electron chi connectivity index (χ3n) is 4.86. The van der Waals surface area contributed by atoms with Gasteiger partial charge in [0.15, 0.2) is 23.0 Å². The van der Waals surface area contributed by atoms with Gasteiger partial charge in [-0.25, -0.2) is 0 Å². The van der Waals surface area contributed by atoms with E-state index in [2.05, 4.69) is 37.2 Å². The lowest BCUT2D eigenvalue weighted by molar-refractivity contribution is -0.112. The first-order valence-corrected chi connectivity index (χ1v) is 11.6. The molecule has 3 aromatic carbocycles. The van der Waals surface area contributed by atoms with Crippen molar-refractivity contribution < 1.29 is 23.7 Å². The second-order valence-electron chi connectivity index (χ2n) is 7.14. The first-order chi connectivity index (χ1) is 16.5. The molecule has 0 spiro atoms. The number of nitriles is 1. The molecule has 172 valence electrons. The van der Waals surface area contributed by atoms with E-state index in [1.54, 1.807) is 30.3 Å². The van der Waals surface area contributed by atoms with E-state index in [0.29, 0.717) is 38.7 Å². The number of benzene rings is 3. The number of carbonyl (C=O) groups is 1. The Bertz CT molecular complexity index is 1320. The average Bonchev–Trinajstić information content (AvgIpc) is 3.30. The van der Waals surface area contributed by atoms with Crippen LogP contribution in [0, 0.1) is 11.3 Å². The highest BCUT2D eigenvalue weighted by atomic mass is 79.9. The number of hydrogen-bond acceptors (Lipinski definition) is 6. The lowest BCUT2D eigenvalue weighted by Gasteiger charge is -2.13. The van der Waals surface area contributed by atoms with Crippen molar-refractivity contribution in [1.29, 1.82) is 5.26 Å². The summed E-state index contributed by atoms with van der Waals surface area (Å²) in [4.78, 5) is 12.6. The highest BCUT2D eigenvalue weighted by Crippen LogP contribution is 2.36. The van der Waals surface area contributed by atoms with Gasteiger partial charge in [0.05, 0.1) is 7.11 Å². The highest BCUT2D eigenvalue weighted by Gasteiger charge is 2.16. The topological polar surface area (TPSA) is 89.8 Å². The smallest absolute Gasteiger partial charge is 0.266 e. The van der Waals surface area contributed by atoms with Crippen molar-refractivity contribution in [3.05, 3.63) is 80.2 Å². The molecule has 0 saturated heterocycles. The molecular formula is C25H18Br2N2O5. The lowest BCUT2D eigenvalue weighted by Crippen LogP contribution is -2.13. The average molecular weight is 586 g/mol. The molecule has 0 radical (unpaired) electrons. The fourth-order valence-corrected chi connectivity index (χ4v) is 4.03. The van der Waals surface area contributed by atoms with E-state index in [0.717, 1.165) is 10.0 Å². The SMILES string of the molecule is COc1cc(/C=C(/C#N)C(=O)Nc2cccc(Br)c2)c(Br)cc1OCc1ccc2c(c1)OCO2. The van der Waals surface area contributed by atoms with Crippen LogP contribution in [-0.2, 0) is 11.4 Å². The Morgan fingerprint density at radius 1 is 1.12 bits per heavy atom. The largest absolute Gasteiger partial charge is 0.493 e. The standard InChI is InChI=1S/C25H18Br2N2O5/c1-31-22-9-16(8-17(12-28)25(30)29-19-4-2-3-18(26)10-19)20(27)11-24(22)32-13-15-5-6-21-23(7-15)34-14-33-21/h2-11H,13-14H2,1H3,(H,29,30)/b17-8-. The van der Waals surface area contributed by atoms with Crippen LogP contribution in [-0.4, -0.2) is 19.8 Å². The zero-order valence-electron chi connectivity index (χ0n) is 17.9. The van der Waals surface area contributed by atoms with Gasteiger partial charge in [0.1, 0.15) is 18.2 Å². The van der Waals surface area contributed by atoms with Crippen LogP contribution >= 0.6 is 31.9 Å². The molecule has 0 fully saturated rings. The molecule has 34 heavy (non-hydrogen) atoms. The van der Waals surface area contributed by atoms with Gasteiger partial charge in [-0.2, -0.15) is 5.26 Å². The van der Waals surface area contributed by atoms with Crippen LogP contribution in [0.4, 0.5) is 5.69 Å². The number of hydrogen-bond donors (Lipinski definition) is 1. The van der Waals surface area contributed by atoms with Crippen LogP contribution in [0.5, 0.6) is 23.0 Å². The van der Waals surface area contributed by atoms with Gasteiger partial charge in [0, 0.05) is 14.6 Å². The summed E-state index contributed by atoms with van der Waals surface area (Å²) in [6.07, 6.45) is 1.49. The number of methoxy groups -OCH3 is 1. The molecule has 0 bridgehead atoms. The number of anilines is 1.